The van der Waals surface area contributed by atoms with Crippen molar-refractivity contribution in [2.75, 3.05) is 39.3 Å². The molecule has 2 rings (SSSR count). The second-order valence-electron chi connectivity index (χ2n) is 7.03. The minimum absolute atomic E-state index is 0.222. The number of carbonyl (C=O) groups excluding carboxylic acids is 1. The van der Waals surface area contributed by atoms with Gasteiger partial charge in [0.15, 0.2) is 0 Å². The van der Waals surface area contributed by atoms with Crippen LogP contribution in [0.15, 0.2) is 0 Å². The number of rotatable bonds is 7. The maximum atomic E-state index is 11.5. The average molecular weight is 296 g/mol. The largest absolute Gasteiger partial charge is 0.368 e. The second-order valence-corrected chi connectivity index (χ2v) is 7.03. The van der Waals surface area contributed by atoms with Crippen LogP contribution in [0.4, 0.5) is 0 Å². The molecule has 0 aromatic carbocycles. The van der Waals surface area contributed by atoms with E-state index in [1.165, 1.54) is 45.3 Å². The summed E-state index contributed by atoms with van der Waals surface area (Å²) in [4.78, 5) is 16.5. The monoisotopic (exact) mass is 296 g/mol. The number of amides is 1. The van der Waals surface area contributed by atoms with Gasteiger partial charge in [0.1, 0.15) is 0 Å². The van der Waals surface area contributed by atoms with Crippen LogP contribution in [0.25, 0.3) is 0 Å². The number of hydrogen-bond acceptors (Lipinski definition) is 4. The third-order valence-corrected chi connectivity index (χ3v) is 4.74. The molecule has 0 aromatic rings. The fourth-order valence-corrected chi connectivity index (χ4v) is 3.57. The molecule has 1 unspecified atom stereocenters. The number of likely N-dealkylation sites (tertiary alicyclic amines) is 2. The maximum absolute atomic E-state index is 11.5. The molecule has 0 aromatic heterocycles. The summed E-state index contributed by atoms with van der Waals surface area (Å²) in [5.74, 6) is 0.604. The minimum atomic E-state index is -0.233. The number of hydrogen-bond donors (Lipinski definition) is 2. The van der Waals surface area contributed by atoms with Crippen LogP contribution in [0.2, 0.25) is 0 Å². The quantitative estimate of drug-likeness (QED) is 0.724. The van der Waals surface area contributed by atoms with E-state index in [4.69, 9.17) is 5.73 Å². The van der Waals surface area contributed by atoms with E-state index in [1.807, 2.05) is 0 Å². The summed E-state index contributed by atoms with van der Waals surface area (Å²) in [5.41, 5.74) is 5.50. The Bertz CT molecular complexity index is 320. The third kappa shape index (κ3) is 5.57. The van der Waals surface area contributed by atoms with E-state index in [9.17, 15) is 4.79 Å². The van der Waals surface area contributed by atoms with Crippen molar-refractivity contribution in [3.05, 3.63) is 0 Å². The van der Waals surface area contributed by atoms with Gasteiger partial charge in [0, 0.05) is 19.1 Å². The molecule has 0 radical (unpaired) electrons. The van der Waals surface area contributed by atoms with Crippen LogP contribution in [-0.2, 0) is 4.79 Å². The minimum Gasteiger partial charge on any atom is -0.368 e. The van der Waals surface area contributed by atoms with Gasteiger partial charge in [-0.2, -0.15) is 0 Å². The van der Waals surface area contributed by atoms with E-state index < -0.39 is 0 Å². The molecule has 5 heteroatoms. The molecule has 2 aliphatic rings. The first-order valence-corrected chi connectivity index (χ1v) is 8.54. The summed E-state index contributed by atoms with van der Waals surface area (Å²) >= 11 is 0. The number of nitrogens with two attached hydrogens (primary N) is 1. The highest BCUT2D eigenvalue weighted by Gasteiger charge is 2.26. The van der Waals surface area contributed by atoms with E-state index in [0.29, 0.717) is 0 Å². The highest BCUT2D eigenvalue weighted by molar-refractivity contribution is 5.80. The fourth-order valence-electron chi connectivity index (χ4n) is 3.57. The highest BCUT2D eigenvalue weighted by atomic mass is 16.1. The lowest BCUT2D eigenvalue weighted by Gasteiger charge is -2.35. The van der Waals surface area contributed by atoms with Gasteiger partial charge in [0.2, 0.25) is 5.91 Å². The Hall–Kier alpha value is -0.650. The van der Waals surface area contributed by atoms with Crippen LogP contribution in [0.3, 0.4) is 0 Å². The topological polar surface area (TPSA) is 61.6 Å². The standard InChI is InChI=1S/C16H32N4O/c1-13(2)18-15(16(17)21)12-20-9-5-14(6-10-20)11-19-7-3-4-8-19/h13-15,18H,3-12H2,1-2H3,(H2,17,21). The fraction of sp³-hybridized carbons (Fsp3) is 0.938. The van der Waals surface area contributed by atoms with E-state index >= 15 is 0 Å². The summed E-state index contributed by atoms with van der Waals surface area (Å²) in [7, 11) is 0. The molecule has 2 heterocycles. The Morgan fingerprint density at radius 2 is 1.76 bits per heavy atom. The summed E-state index contributed by atoms with van der Waals surface area (Å²) in [5, 5.41) is 3.27. The lowest BCUT2D eigenvalue weighted by Crippen LogP contribution is -2.52. The zero-order valence-electron chi connectivity index (χ0n) is 13.7. The van der Waals surface area contributed by atoms with Crippen LogP contribution in [0.5, 0.6) is 0 Å². The first-order valence-electron chi connectivity index (χ1n) is 8.54. The van der Waals surface area contributed by atoms with Gasteiger partial charge in [0.05, 0.1) is 6.04 Å². The predicted molar refractivity (Wildman–Crippen MR) is 86.1 cm³/mol. The van der Waals surface area contributed by atoms with E-state index in [2.05, 4.69) is 29.0 Å². The van der Waals surface area contributed by atoms with E-state index in [1.54, 1.807) is 0 Å². The van der Waals surface area contributed by atoms with Crippen molar-refractivity contribution in [1.82, 2.24) is 15.1 Å². The molecular formula is C16H32N4O. The van der Waals surface area contributed by atoms with Gasteiger partial charge in [-0.15, -0.1) is 0 Å². The first-order chi connectivity index (χ1) is 10.0. The second kappa shape index (κ2) is 8.11. The zero-order chi connectivity index (χ0) is 15.2. The highest BCUT2D eigenvalue weighted by Crippen LogP contribution is 2.20. The van der Waals surface area contributed by atoms with Crippen molar-refractivity contribution in [3.63, 3.8) is 0 Å². The van der Waals surface area contributed by atoms with Crippen LogP contribution >= 0.6 is 0 Å². The van der Waals surface area contributed by atoms with E-state index in [0.717, 1.165) is 25.6 Å². The Kier molecular flexibility index (Phi) is 6.45. The molecule has 2 fully saturated rings. The van der Waals surface area contributed by atoms with Crippen LogP contribution in [0, 0.1) is 5.92 Å². The van der Waals surface area contributed by atoms with Gasteiger partial charge in [0.25, 0.3) is 0 Å². The van der Waals surface area contributed by atoms with Crippen molar-refractivity contribution < 1.29 is 4.79 Å². The number of piperidine rings is 1. The summed E-state index contributed by atoms with van der Waals surface area (Å²) in [6, 6.07) is 0.0651. The Morgan fingerprint density at radius 3 is 2.29 bits per heavy atom. The number of primary amides is 1. The predicted octanol–water partition coefficient (Wildman–Crippen LogP) is 0.646. The van der Waals surface area contributed by atoms with Crippen LogP contribution in [0.1, 0.15) is 39.5 Å². The molecule has 5 nitrogen and oxygen atoms in total. The van der Waals surface area contributed by atoms with Crippen molar-refractivity contribution in [2.24, 2.45) is 11.7 Å². The number of nitrogens with one attached hydrogen (secondary N) is 1. The number of nitrogens with zero attached hydrogens (tertiary/aromatic N) is 2. The first kappa shape index (κ1) is 16.7. The average Bonchev–Trinajstić information content (AvgIpc) is 2.92. The molecule has 3 N–H and O–H groups in total. The van der Waals surface area contributed by atoms with Gasteiger partial charge < -0.3 is 20.9 Å². The third-order valence-electron chi connectivity index (χ3n) is 4.74. The molecule has 1 amide bonds. The van der Waals surface area contributed by atoms with Gasteiger partial charge >= 0.3 is 0 Å². The molecule has 1 atom stereocenters. The van der Waals surface area contributed by atoms with Gasteiger partial charge in [-0.3, -0.25) is 4.79 Å². The van der Waals surface area contributed by atoms with Gasteiger partial charge in [-0.05, 0) is 57.8 Å². The molecule has 0 spiro atoms. The Labute approximate surface area is 129 Å². The zero-order valence-corrected chi connectivity index (χ0v) is 13.7. The molecule has 0 bridgehead atoms. The number of carbonyl (C=O) groups is 1. The molecule has 122 valence electrons. The van der Waals surface area contributed by atoms with Crippen LogP contribution < -0.4 is 11.1 Å². The van der Waals surface area contributed by atoms with Gasteiger partial charge in [-0.25, -0.2) is 0 Å². The lowest BCUT2D eigenvalue weighted by atomic mass is 9.96. The summed E-state index contributed by atoms with van der Waals surface area (Å²) < 4.78 is 0. The van der Waals surface area contributed by atoms with E-state index in [-0.39, 0.29) is 18.0 Å². The SMILES string of the molecule is CC(C)NC(CN1CCC(CN2CCCC2)CC1)C(N)=O. The molecule has 2 saturated heterocycles. The molecular weight excluding hydrogens is 264 g/mol. The Morgan fingerprint density at radius 1 is 1.14 bits per heavy atom. The maximum Gasteiger partial charge on any atom is 0.235 e. The smallest absolute Gasteiger partial charge is 0.235 e. The molecule has 0 saturated carbocycles. The Balaban J connectivity index is 1.70. The summed E-state index contributed by atoms with van der Waals surface area (Å²) in [6.07, 6.45) is 5.26. The molecule has 21 heavy (non-hydrogen) atoms. The van der Waals surface area contributed by atoms with Gasteiger partial charge in [-0.1, -0.05) is 13.8 Å². The van der Waals surface area contributed by atoms with Crippen molar-refractivity contribution >= 4 is 5.91 Å². The normalized spacial score (nSPS) is 23.8. The molecule has 0 aliphatic carbocycles. The van der Waals surface area contributed by atoms with Crippen molar-refractivity contribution in [1.29, 1.82) is 0 Å². The lowest BCUT2D eigenvalue weighted by molar-refractivity contribution is -0.120. The van der Waals surface area contributed by atoms with Crippen LogP contribution in [-0.4, -0.2) is 67.1 Å². The molecule has 2 aliphatic heterocycles. The van der Waals surface area contributed by atoms with Crippen molar-refractivity contribution in [2.45, 2.75) is 51.6 Å². The van der Waals surface area contributed by atoms with Crippen molar-refractivity contribution in [3.8, 4) is 0 Å². The summed E-state index contributed by atoms with van der Waals surface area (Å²) in [6.45, 7) is 10.9.